The van der Waals surface area contributed by atoms with Gasteiger partial charge in [0.25, 0.3) is 0 Å². The summed E-state index contributed by atoms with van der Waals surface area (Å²) < 4.78 is 38.3. The molecule has 0 aliphatic carbocycles. The molecule has 10 heteroatoms. The lowest BCUT2D eigenvalue weighted by atomic mass is 10.0. The van der Waals surface area contributed by atoms with Gasteiger partial charge < -0.3 is 15.5 Å². The van der Waals surface area contributed by atoms with Crippen LogP contribution in [0, 0.1) is 6.92 Å². The normalized spacial score (nSPS) is 19.2. The molecule has 2 atom stereocenters. The number of aromatic nitrogens is 3. The molecule has 1 saturated heterocycles. The molecule has 0 bridgehead atoms. The SMILES string of the molecule is Cc1nc(N[C@@H]2CCCN([C@@H](C)CO)C2)nnc1-c1ccc(C(F)(F)F)cc1O. The number of aliphatic hydroxyl groups excluding tert-OH is 1. The van der Waals surface area contributed by atoms with E-state index in [1.165, 1.54) is 6.07 Å². The van der Waals surface area contributed by atoms with Crippen molar-refractivity contribution in [3.8, 4) is 17.0 Å². The fraction of sp³-hybridized carbons (Fsp3) is 0.526. The van der Waals surface area contributed by atoms with Crippen LogP contribution >= 0.6 is 0 Å². The summed E-state index contributed by atoms with van der Waals surface area (Å²) in [7, 11) is 0. The smallest absolute Gasteiger partial charge is 0.416 e. The fourth-order valence-electron chi connectivity index (χ4n) is 3.44. The first-order chi connectivity index (χ1) is 13.7. The van der Waals surface area contributed by atoms with Gasteiger partial charge in [-0.1, -0.05) is 0 Å². The summed E-state index contributed by atoms with van der Waals surface area (Å²) in [4.78, 5) is 6.55. The summed E-state index contributed by atoms with van der Waals surface area (Å²) in [6, 6.07) is 2.90. The molecule has 0 amide bonds. The van der Waals surface area contributed by atoms with E-state index in [9.17, 15) is 23.4 Å². The number of hydrogen-bond acceptors (Lipinski definition) is 7. The van der Waals surface area contributed by atoms with Crippen LogP contribution in [0.3, 0.4) is 0 Å². The first kappa shape index (κ1) is 21.3. The monoisotopic (exact) mass is 411 g/mol. The van der Waals surface area contributed by atoms with Crippen LogP contribution in [0.15, 0.2) is 18.2 Å². The number of anilines is 1. The number of rotatable bonds is 5. The van der Waals surface area contributed by atoms with Crippen molar-refractivity contribution in [1.82, 2.24) is 20.1 Å². The van der Waals surface area contributed by atoms with Crippen molar-refractivity contribution in [3.05, 3.63) is 29.5 Å². The highest BCUT2D eigenvalue weighted by atomic mass is 19.4. The minimum absolute atomic E-state index is 0.0744. The third-order valence-electron chi connectivity index (χ3n) is 5.11. The standard InChI is InChI=1S/C19H24F3N5O2/c1-11(10-28)27-7-3-4-14(9-27)24-18-23-12(2)17(25-26-18)15-6-5-13(8-16(15)29)19(20,21)22/h5-6,8,11,14,28-29H,3-4,7,9-10H2,1-2H3,(H,23,24,26)/t11-,14+/m0/s1. The predicted octanol–water partition coefficient (Wildman–Crippen LogP) is 2.83. The van der Waals surface area contributed by atoms with Crippen molar-refractivity contribution in [2.45, 2.75) is 44.9 Å². The Hall–Kier alpha value is -2.46. The topological polar surface area (TPSA) is 94.4 Å². The number of aliphatic hydroxyl groups is 1. The molecule has 3 N–H and O–H groups in total. The Morgan fingerprint density at radius 1 is 1.31 bits per heavy atom. The number of likely N-dealkylation sites (tertiary alicyclic amines) is 1. The van der Waals surface area contributed by atoms with Gasteiger partial charge in [0.2, 0.25) is 5.95 Å². The van der Waals surface area contributed by atoms with Gasteiger partial charge in [0.05, 0.1) is 17.9 Å². The quantitative estimate of drug-likeness (QED) is 0.697. The molecule has 0 unspecified atom stereocenters. The van der Waals surface area contributed by atoms with Gasteiger partial charge in [-0.05, 0) is 51.4 Å². The molecule has 1 aliphatic heterocycles. The van der Waals surface area contributed by atoms with Crippen LogP contribution in [0.5, 0.6) is 5.75 Å². The van der Waals surface area contributed by atoms with E-state index in [0.29, 0.717) is 17.7 Å². The van der Waals surface area contributed by atoms with Gasteiger partial charge >= 0.3 is 6.18 Å². The average molecular weight is 411 g/mol. The Morgan fingerprint density at radius 2 is 2.07 bits per heavy atom. The van der Waals surface area contributed by atoms with Crippen molar-refractivity contribution in [1.29, 1.82) is 0 Å². The lowest BCUT2D eigenvalue weighted by Gasteiger charge is -2.36. The second-order valence-corrected chi connectivity index (χ2v) is 7.31. The minimum Gasteiger partial charge on any atom is -0.507 e. The Morgan fingerprint density at radius 3 is 2.69 bits per heavy atom. The Kier molecular flexibility index (Phi) is 6.23. The molecule has 1 aromatic heterocycles. The highest BCUT2D eigenvalue weighted by Gasteiger charge is 2.31. The van der Waals surface area contributed by atoms with E-state index in [1.54, 1.807) is 6.92 Å². The number of benzene rings is 1. The molecule has 7 nitrogen and oxygen atoms in total. The van der Waals surface area contributed by atoms with Crippen LogP contribution < -0.4 is 5.32 Å². The number of nitrogens with zero attached hydrogens (tertiary/aromatic N) is 4. The van der Waals surface area contributed by atoms with E-state index in [1.807, 2.05) is 6.92 Å². The number of aromatic hydroxyl groups is 1. The molecule has 158 valence electrons. The molecule has 1 fully saturated rings. The molecule has 29 heavy (non-hydrogen) atoms. The second-order valence-electron chi connectivity index (χ2n) is 7.31. The Balaban J connectivity index is 1.75. The largest absolute Gasteiger partial charge is 0.507 e. The number of aryl methyl sites for hydroxylation is 1. The molecule has 1 aromatic carbocycles. The van der Waals surface area contributed by atoms with Crippen molar-refractivity contribution >= 4 is 5.95 Å². The summed E-state index contributed by atoms with van der Waals surface area (Å²) >= 11 is 0. The van der Waals surface area contributed by atoms with Gasteiger partial charge in [0.1, 0.15) is 11.4 Å². The zero-order valence-electron chi connectivity index (χ0n) is 16.2. The van der Waals surface area contributed by atoms with Crippen LogP contribution in [0.2, 0.25) is 0 Å². The third-order valence-corrected chi connectivity index (χ3v) is 5.11. The van der Waals surface area contributed by atoms with Crippen LogP contribution in [0.1, 0.15) is 31.0 Å². The van der Waals surface area contributed by atoms with E-state index in [-0.39, 0.29) is 29.9 Å². The van der Waals surface area contributed by atoms with Crippen molar-refractivity contribution < 1.29 is 23.4 Å². The van der Waals surface area contributed by atoms with Crippen LogP contribution in [-0.2, 0) is 6.18 Å². The fourth-order valence-corrected chi connectivity index (χ4v) is 3.44. The lowest BCUT2D eigenvalue weighted by Crippen LogP contribution is -2.47. The number of hydrogen-bond donors (Lipinski definition) is 3. The summed E-state index contributed by atoms with van der Waals surface area (Å²) in [5.41, 5.74) is -0.132. The Bertz CT molecular complexity index is 862. The molecule has 2 aromatic rings. The maximum Gasteiger partial charge on any atom is 0.416 e. The molecule has 0 radical (unpaired) electrons. The molecule has 1 aliphatic rings. The first-order valence-corrected chi connectivity index (χ1v) is 9.42. The van der Waals surface area contributed by atoms with Gasteiger partial charge in [-0.3, -0.25) is 4.90 Å². The maximum absolute atomic E-state index is 12.8. The van der Waals surface area contributed by atoms with E-state index in [4.69, 9.17) is 0 Å². The van der Waals surface area contributed by atoms with Gasteiger partial charge in [-0.15, -0.1) is 10.2 Å². The number of phenols is 1. The predicted molar refractivity (Wildman–Crippen MR) is 101 cm³/mol. The number of halogens is 3. The molecular formula is C19H24F3N5O2. The maximum atomic E-state index is 12.8. The molecule has 3 rings (SSSR count). The zero-order chi connectivity index (χ0) is 21.2. The summed E-state index contributed by atoms with van der Waals surface area (Å²) in [6.07, 6.45) is -2.63. The number of phenolic OH excluding ortho intramolecular Hbond substituents is 1. The van der Waals surface area contributed by atoms with E-state index in [2.05, 4.69) is 25.4 Å². The van der Waals surface area contributed by atoms with Crippen LogP contribution in [0.25, 0.3) is 11.3 Å². The second kappa shape index (κ2) is 8.50. The van der Waals surface area contributed by atoms with Gasteiger partial charge in [0, 0.05) is 24.2 Å². The first-order valence-electron chi connectivity index (χ1n) is 9.42. The van der Waals surface area contributed by atoms with E-state index < -0.39 is 17.5 Å². The number of alkyl halides is 3. The summed E-state index contributed by atoms with van der Waals surface area (Å²) in [5, 5.41) is 30.7. The Labute approximate surface area is 166 Å². The zero-order valence-corrected chi connectivity index (χ0v) is 16.2. The third kappa shape index (κ3) is 4.94. The number of nitrogens with one attached hydrogen (secondary N) is 1. The van der Waals surface area contributed by atoms with Gasteiger partial charge in [-0.2, -0.15) is 13.2 Å². The molecular weight excluding hydrogens is 387 g/mol. The lowest BCUT2D eigenvalue weighted by molar-refractivity contribution is -0.137. The molecule has 0 saturated carbocycles. The highest BCUT2D eigenvalue weighted by molar-refractivity contribution is 5.69. The van der Waals surface area contributed by atoms with Gasteiger partial charge in [0.15, 0.2) is 0 Å². The summed E-state index contributed by atoms with van der Waals surface area (Å²) in [6.45, 7) is 5.38. The van der Waals surface area contributed by atoms with Crippen LogP contribution in [0.4, 0.5) is 19.1 Å². The van der Waals surface area contributed by atoms with Gasteiger partial charge in [-0.25, -0.2) is 4.98 Å². The van der Waals surface area contributed by atoms with E-state index in [0.717, 1.165) is 32.0 Å². The average Bonchev–Trinajstić information content (AvgIpc) is 2.67. The van der Waals surface area contributed by atoms with E-state index >= 15 is 0 Å². The molecule has 2 heterocycles. The van der Waals surface area contributed by atoms with Crippen molar-refractivity contribution in [2.24, 2.45) is 0 Å². The number of piperidine rings is 1. The summed E-state index contributed by atoms with van der Waals surface area (Å²) in [5.74, 6) is -0.207. The van der Waals surface area contributed by atoms with Crippen molar-refractivity contribution in [3.63, 3.8) is 0 Å². The van der Waals surface area contributed by atoms with Crippen LogP contribution in [-0.4, -0.2) is 62.1 Å². The minimum atomic E-state index is -4.54. The van der Waals surface area contributed by atoms with Crippen molar-refractivity contribution in [2.75, 3.05) is 25.0 Å². The highest BCUT2D eigenvalue weighted by Crippen LogP contribution is 2.36. The molecule has 0 spiro atoms.